The predicted octanol–water partition coefficient (Wildman–Crippen LogP) is 5.38. The molecule has 0 unspecified atom stereocenters. The summed E-state index contributed by atoms with van der Waals surface area (Å²) in [5.74, 6) is 1.32. The number of nitrogens with one attached hydrogen (secondary N) is 1. The maximum absolute atomic E-state index is 13.5. The summed E-state index contributed by atoms with van der Waals surface area (Å²) >= 11 is 0. The first kappa shape index (κ1) is 18.3. The van der Waals surface area contributed by atoms with Crippen molar-refractivity contribution < 1.29 is 9.72 Å². The third-order valence-electron chi connectivity index (χ3n) is 7.54. The molecule has 5 nitrogen and oxygen atoms in total. The van der Waals surface area contributed by atoms with Gasteiger partial charge in [0.1, 0.15) is 0 Å². The molecule has 6 rings (SSSR count). The third-order valence-corrected chi connectivity index (χ3v) is 7.54. The van der Waals surface area contributed by atoms with Gasteiger partial charge in [-0.05, 0) is 80.4 Å². The van der Waals surface area contributed by atoms with Crippen LogP contribution in [0.25, 0.3) is 0 Å². The molecule has 5 heteroatoms. The molecule has 4 bridgehead atoms. The van der Waals surface area contributed by atoms with E-state index in [0.717, 1.165) is 19.3 Å². The molecule has 0 aliphatic heterocycles. The molecule has 0 radical (unpaired) electrons. The van der Waals surface area contributed by atoms with E-state index in [1.165, 1.54) is 42.5 Å². The van der Waals surface area contributed by atoms with Gasteiger partial charge in [0.15, 0.2) is 0 Å². The smallest absolute Gasteiger partial charge is 0.269 e. The quantitative estimate of drug-likeness (QED) is 0.563. The van der Waals surface area contributed by atoms with E-state index in [1.54, 1.807) is 12.1 Å². The summed E-state index contributed by atoms with van der Waals surface area (Å²) in [6.07, 6.45) is 6.49. The van der Waals surface area contributed by atoms with Crippen LogP contribution in [0, 0.1) is 34.3 Å². The van der Waals surface area contributed by atoms with Crippen molar-refractivity contribution in [2.24, 2.45) is 17.3 Å². The Kier molecular flexibility index (Phi) is 4.05. The van der Waals surface area contributed by atoms with Gasteiger partial charge in [0.05, 0.1) is 10.3 Å². The summed E-state index contributed by atoms with van der Waals surface area (Å²) in [5, 5.41) is 14.0. The van der Waals surface area contributed by atoms with Gasteiger partial charge in [0.25, 0.3) is 5.69 Å². The highest BCUT2D eigenvalue weighted by atomic mass is 16.6. The number of hydrogen-bond donors (Lipinski definition) is 1. The van der Waals surface area contributed by atoms with Gasteiger partial charge in [0, 0.05) is 17.8 Å². The molecule has 0 saturated heterocycles. The van der Waals surface area contributed by atoms with Crippen molar-refractivity contribution in [2.45, 2.75) is 50.9 Å². The lowest BCUT2D eigenvalue weighted by Crippen LogP contribution is -2.57. The summed E-state index contributed by atoms with van der Waals surface area (Å²) in [6.45, 7) is 2.11. The van der Waals surface area contributed by atoms with Gasteiger partial charge >= 0.3 is 0 Å². The Morgan fingerprint density at radius 1 is 1.00 bits per heavy atom. The van der Waals surface area contributed by atoms with Gasteiger partial charge in [-0.25, -0.2) is 0 Å². The van der Waals surface area contributed by atoms with Crippen LogP contribution in [0.3, 0.4) is 0 Å². The lowest BCUT2D eigenvalue weighted by atomic mass is 9.42. The number of benzene rings is 2. The normalized spacial score (nSPS) is 32.2. The maximum Gasteiger partial charge on any atom is 0.269 e. The molecule has 4 aliphatic rings. The van der Waals surface area contributed by atoms with Gasteiger partial charge in [-0.1, -0.05) is 29.8 Å². The number of amides is 1. The van der Waals surface area contributed by atoms with Crippen LogP contribution < -0.4 is 5.32 Å². The molecule has 2 atom stereocenters. The summed E-state index contributed by atoms with van der Waals surface area (Å²) in [7, 11) is 0. The molecule has 0 aromatic heterocycles. The number of nitro groups is 1. The lowest BCUT2D eigenvalue weighted by Gasteiger charge is -2.61. The summed E-state index contributed by atoms with van der Waals surface area (Å²) in [5.41, 5.74) is 3.13. The van der Waals surface area contributed by atoms with Crippen molar-refractivity contribution in [2.75, 3.05) is 5.32 Å². The van der Waals surface area contributed by atoms with Crippen molar-refractivity contribution in [3.63, 3.8) is 0 Å². The lowest BCUT2D eigenvalue weighted by molar-refractivity contribution is -0.384. The molecule has 2 aromatic carbocycles. The van der Waals surface area contributed by atoms with Crippen LogP contribution in [0.1, 0.15) is 49.7 Å². The number of rotatable bonds is 4. The molecule has 0 spiro atoms. The van der Waals surface area contributed by atoms with Gasteiger partial charge < -0.3 is 5.32 Å². The third kappa shape index (κ3) is 3.04. The minimum atomic E-state index is -0.421. The molecule has 4 aliphatic carbocycles. The molecule has 2 aromatic rings. The number of carbonyl (C=O) groups excluding carboxylic acids is 1. The summed E-state index contributed by atoms with van der Waals surface area (Å²) in [6, 6.07) is 15.1. The Balaban J connectivity index is 1.43. The van der Waals surface area contributed by atoms with Crippen LogP contribution >= 0.6 is 0 Å². The van der Waals surface area contributed by atoms with E-state index < -0.39 is 4.92 Å². The number of anilines is 1. The zero-order valence-corrected chi connectivity index (χ0v) is 16.7. The fraction of sp³-hybridized carbons (Fsp3) is 0.458. The first-order chi connectivity index (χ1) is 13.9. The molecule has 1 N–H and O–H groups in total. The Morgan fingerprint density at radius 3 is 2.21 bits per heavy atom. The van der Waals surface area contributed by atoms with Crippen molar-refractivity contribution >= 4 is 17.3 Å². The largest absolute Gasteiger partial charge is 0.326 e. The molecular weight excluding hydrogens is 364 g/mol. The van der Waals surface area contributed by atoms with E-state index in [2.05, 4.69) is 36.5 Å². The van der Waals surface area contributed by atoms with Gasteiger partial charge in [-0.2, -0.15) is 0 Å². The zero-order chi connectivity index (χ0) is 20.2. The second-order valence-corrected chi connectivity index (χ2v) is 9.65. The van der Waals surface area contributed by atoms with Crippen LogP contribution in [0.4, 0.5) is 11.4 Å². The molecule has 4 saturated carbocycles. The van der Waals surface area contributed by atoms with Crippen LogP contribution in [0.5, 0.6) is 0 Å². The van der Waals surface area contributed by atoms with Gasteiger partial charge in [0.2, 0.25) is 5.91 Å². The maximum atomic E-state index is 13.5. The van der Waals surface area contributed by atoms with Crippen LogP contribution in [0.15, 0.2) is 48.5 Å². The van der Waals surface area contributed by atoms with Gasteiger partial charge in [-0.15, -0.1) is 0 Å². The highest BCUT2D eigenvalue weighted by Crippen LogP contribution is 2.66. The van der Waals surface area contributed by atoms with E-state index >= 15 is 0 Å². The Hall–Kier alpha value is -2.69. The average molecular weight is 390 g/mol. The highest BCUT2D eigenvalue weighted by Gasteiger charge is 2.60. The predicted molar refractivity (Wildman–Crippen MR) is 112 cm³/mol. The first-order valence-electron chi connectivity index (χ1n) is 10.5. The van der Waals surface area contributed by atoms with Crippen LogP contribution in [0.2, 0.25) is 0 Å². The molecule has 1 amide bonds. The molecule has 150 valence electrons. The van der Waals surface area contributed by atoms with Crippen molar-refractivity contribution in [3.05, 3.63) is 69.8 Å². The van der Waals surface area contributed by atoms with E-state index in [4.69, 9.17) is 0 Å². The van der Waals surface area contributed by atoms with Crippen LogP contribution in [-0.4, -0.2) is 10.8 Å². The van der Waals surface area contributed by atoms with E-state index in [-0.39, 0.29) is 22.4 Å². The molecule has 4 fully saturated rings. The standard InChI is InChI=1S/C24H26N2O3/c1-16-2-4-19(5-3-16)23-11-17-10-18(12-23)14-24(13-17,15-23)22(27)25-20-6-8-21(9-7-20)26(28)29/h2-9,17-18H,10-15H2,1H3,(H,25,27)/t17-,18-,23?,24?/m1/s1. The van der Waals surface area contributed by atoms with E-state index in [9.17, 15) is 14.9 Å². The second kappa shape index (κ2) is 6.41. The van der Waals surface area contributed by atoms with Crippen LogP contribution in [-0.2, 0) is 10.2 Å². The number of aryl methyl sites for hydroxylation is 1. The number of hydrogen-bond acceptors (Lipinski definition) is 3. The number of nitrogens with zero attached hydrogens (tertiary/aromatic N) is 1. The molecule has 0 heterocycles. The number of non-ortho nitro benzene ring substituents is 1. The van der Waals surface area contributed by atoms with E-state index in [1.807, 2.05) is 0 Å². The minimum Gasteiger partial charge on any atom is -0.326 e. The Labute approximate surface area is 170 Å². The Bertz CT molecular complexity index is 951. The monoisotopic (exact) mass is 390 g/mol. The van der Waals surface area contributed by atoms with E-state index in [0.29, 0.717) is 17.5 Å². The van der Waals surface area contributed by atoms with Crippen molar-refractivity contribution in [1.29, 1.82) is 0 Å². The average Bonchev–Trinajstić information content (AvgIpc) is 2.68. The zero-order valence-electron chi connectivity index (χ0n) is 16.7. The van der Waals surface area contributed by atoms with Crippen molar-refractivity contribution in [1.82, 2.24) is 0 Å². The van der Waals surface area contributed by atoms with Crippen molar-refractivity contribution in [3.8, 4) is 0 Å². The topological polar surface area (TPSA) is 72.2 Å². The minimum absolute atomic E-state index is 0.0381. The van der Waals surface area contributed by atoms with Gasteiger partial charge in [-0.3, -0.25) is 14.9 Å². The molecular formula is C24H26N2O3. The summed E-state index contributed by atoms with van der Waals surface area (Å²) in [4.78, 5) is 23.9. The fourth-order valence-corrected chi connectivity index (χ4v) is 6.70. The molecule has 29 heavy (non-hydrogen) atoms. The fourth-order valence-electron chi connectivity index (χ4n) is 6.70. The second-order valence-electron chi connectivity index (χ2n) is 9.65. The first-order valence-corrected chi connectivity index (χ1v) is 10.5. The SMILES string of the molecule is Cc1ccc(C23C[C@H]4C[C@@H](CC(C(=O)Nc5ccc([N+](=O)[O-])cc5)(C4)C2)C3)cc1. The highest BCUT2D eigenvalue weighted by molar-refractivity contribution is 5.96. The number of nitro benzene ring substituents is 1. The number of carbonyl (C=O) groups is 1. The Morgan fingerprint density at radius 2 is 1.62 bits per heavy atom. The summed E-state index contributed by atoms with van der Waals surface area (Å²) < 4.78 is 0.